The van der Waals surface area contributed by atoms with Crippen molar-refractivity contribution in [2.45, 2.75) is 6.54 Å². The van der Waals surface area contributed by atoms with Gasteiger partial charge in [0.05, 0.1) is 22.9 Å². The van der Waals surface area contributed by atoms with E-state index >= 15 is 0 Å². The first-order chi connectivity index (χ1) is 7.72. The van der Waals surface area contributed by atoms with Crippen molar-refractivity contribution < 1.29 is 9.90 Å². The van der Waals surface area contributed by atoms with Crippen molar-refractivity contribution in [3.8, 4) is 0 Å². The molecule has 0 amide bonds. The Labute approximate surface area is 97.3 Å². The molecular weight excluding hydrogens is 224 g/mol. The van der Waals surface area contributed by atoms with Crippen molar-refractivity contribution in [3.63, 3.8) is 0 Å². The van der Waals surface area contributed by atoms with E-state index in [2.05, 4.69) is 4.98 Å². The first kappa shape index (κ1) is 11.0. The van der Waals surface area contributed by atoms with E-state index in [1.54, 1.807) is 36.3 Å². The fraction of sp³-hybridized carbons (Fsp3) is 0.273. The molecule has 5 heteroatoms. The van der Waals surface area contributed by atoms with Gasteiger partial charge in [0.25, 0.3) is 0 Å². The number of carbonyl (C=O) groups is 1. The van der Waals surface area contributed by atoms with Gasteiger partial charge in [0.15, 0.2) is 0 Å². The topological polar surface area (TPSA) is 55.1 Å². The van der Waals surface area contributed by atoms with Crippen LogP contribution in [0.15, 0.2) is 24.5 Å². The zero-order valence-electron chi connectivity index (χ0n) is 8.88. The molecule has 0 spiro atoms. The molecule has 0 bridgehead atoms. The molecule has 0 saturated carbocycles. The lowest BCUT2D eigenvalue weighted by Crippen LogP contribution is -2.00. The minimum absolute atomic E-state index is 0.304. The maximum Gasteiger partial charge on any atom is 0.335 e. The number of thioether (sulfide) groups is 1. The highest BCUT2D eigenvalue weighted by Gasteiger charge is 2.07. The fourth-order valence-corrected chi connectivity index (χ4v) is 1.94. The van der Waals surface area contributed by atoms with Crippen LogP contribution >= 0.6 is 11.8 Å². The summed E-state index contributed by atoms with van der Waals surface area (Å²) < 4.78 is 1.98. The number of fused-ring (bicyclic) bond motifs is 1. The summed E-state index contributed by atoms with van der Waals surface area (Å²) in [5.41, 5.74) is 2.03. The van der Waals surface area contributed by atoms with Gasteiger partial charge in [0.1, 0.15) is 0 Å². The van der Waals surface area contributed by atoms with Gasteiger partial charge in [-0.3, -0.25) is 0 Å². The highest BCUT2D eigenvalue weighted by Crippen LogP contribution is 2.15. The molecule has 0 fully saturated rings. The third kappa shape index (κ3) is 2.04. The van der Waals surface area contributed by atoms with Crippen LogP contribution in [-0.2, 0) is 6.54 Å². The highest BCUT2D eigenvalue weighted by atomic mass is 32.2. The van der Waals surface area contributed by atoms with Gasteiger partial charge in [-0.1, -0.05) is 0 Å². The Morgan fingerprint density at radius 2 is 2.38 bits per heavy atom. The number of aromatic nitrogens is 2. The number of rotatable bonds is 4. The summed E-state index contributed by atoms with van der Waals surface area (Å²) in [5.74, 6) is 0.0856. The van der Waals surface area contributed by atoms with Crippen molar-refractivity contribution in [1.29, 1.82) is 0 Å². The van der Waals surface area contributed by atoms with Crippen LogP contribution in [0.3, 0.4) is 0 Å². The van der Waals surface area contributed by atoms with Crippen LogP contribution in [0.4, 0.5) is 0 Å². The van der Waals surface area contributed by atoms with Gasteiger partial charge in [0, 0.05) is 12.3 Å². The molecule has 4 nitrogen and oxygen atoms in total. The minimum Gasteiger partial charge on any atom is -0.478 e. The number of benzene rings is 1. The molecule has 2 aromatic rings. The summed E-state index contributed by atoms with van der Waals surface area (Å²) in [4.78, 5) is 15.1. The van der Waals surface area contributed by atoms with Crippen LogP contribution < -0.4 is 0 Å². The number of aromatic carboxylic acids is 1. The Morgan fingerprint density at radius 1 is 1.56 bits per heavy atom. The van der Waals surface area contributed by atoms with Crippen molar-refractivity contribution in [2.75, 3.05) is 12.0 Å². The third-order valence-electron chi connectivity index (χ3n) is 2.40. The molecule has 1 N–H and O–H groups in total. The van der Waals surface area contributed by atoms with E-state index in [1.165, 1.54) is 0 Å². The second-order valence-electron chi connectivity index (χ2n) is 3.44. The lowest BCUT2D eigenvalue weighted by atomic mass is 10.2. The van der Waals surface area contributed by atoms with E-state index in [1.807, 2.05) is 10.8 Å². The molecule has 0 aliphatic carbocycles. The third-order valence-corrected chi connectivity index (χ3v) is 3.00. The predicted molar refractivity (Wildman–Crippen MR) is 65.1 cm³/mol. The van der Waals surface area contributed by atoms with Crippen molar-refractivity contribution in [3.05, 3.63) is 30.1 Å². The molecule has 1 aromatic carbocycles. The van der Waals surface area contributed by atoms with Crippen LogP contribution in [0.25, 0.3) is 11.0 Å². The monoisotopic (exact) mass is 236 g/mol. The van der Waals surface area contributed by atoms with Crippen molar-refractivity contribution in [2.24, 2.45) is 0 Å². The van der Waals surface area contributed by atoms with E-state index in [4.69, 9.17) is 5.11 Å². The molecule has 1 heterocycles. The van der Waals surface area contributed by atoms with Gasteiger partial charge >= 0.3 is 5.97 Å². The fourth-order valence-electron chi connectivity index (χ4n) is 1.56. The lowest BCUT2D eigenvalue weighted by Gasteiger charge is -2.02. The zero-order valence-corrected chi connectivity index (χ0v) is 9.70. The maximum atomic E-state index is 10.9. The molecule has 0 aliphatic heterocycles. The van der Waals surface area contributed by atoms with Crippen molar-refractivity contribution in [1.82, 2.24) is 9.55 Å². The molecule has 0 unspecified atom stereocenters. The number of carboxylic acids is 1. The summed E-state index contributed by atoms with van der Waals surface area (Å²) in [5, 5.41) is 8.91. The molecule has 0 saturated heterocycles. The van der Waals surface area contributed by atoms with E-state index in [0.29, 0.717) is 5.56 Å². The molecule has 84 valence electrons. The summed E-state index contributed by atoms with van der Waals surface area (Å²) in [7, 11) is 0. The van der Waals surface area contributed by atoms with E-state index < -0.39 is 5.97 Å². The normalized spacial score (nSPS) is 10.8. The summed E-state index contributed by atoms with van der Waals surface area (Å²) in [6.45, 7) is 0.848. The predicted octanol–water partition coefficient (Wildman–Crippen LogP) is 2.10. The standard InChI is InChI=1S/C11H12N2O2S/c1-16-5-4-13-7-12-9-3-2-8(11(14)15)6-10(9)13/h2-3,6-7H,4-5H2,1H3,(H,14,15). The number of nitrogens with zero attached hydrogens (tertiary/aromatic N) is 2. The number of carboxylic acid groups (broad SMARTS) is 1. The second-order valence-corrected chi connectivity index (χ2v) is 4.43. The van der Waals surface area contributed by atoms with Gasteiger partial charge in [-0.15, -0.1) is 0 Å². The Bertz CT molecular complexity index is 522. The lowest BCUT2D eigenvalue weighted by molar-refractivity contribution is 0.0697. The first-order valence-electron chi connectivity index (χ1n) is 4.89. The SMILES string of the molecule is CSCCn1cnc2ccc(C(=O)O)cc21. The molecule has 0 aliphatic rings. The largest absolute Gasteiger partial charge is 0.478 e. The first-order valence-corrected chi connectivity index (χ1v) is 6.29. The number of imidazole rings is 1. The molecule has 2 rings (SSSR count). The minimum atomic E-state index is -0.903. The molecule has 16 heavy (non-hydrogen) atoms. The van der Waals surface area contributed by atoms with Crippen LogP contribution in [-0.4, -0.2) is 32.6 Å². The Kier molecular flexibility index (Phi) is 3.14. The summed E-state index contributed by atoms with van der Waals surface area (Å²) in [6, 6.07) is 5.00. The van der Waals surface area contributed by atoms with E-state index in [9.17, 15) is 4.79 Å². The van der Waals surface area contributed by atoms with Crippen LogP contribution in [0, 0.1) is 0 Å². The number of hydrogen-bond acceptors (Lipinski definition) is 3. The highest BCUT2D eigenvalue weighted by molar-refractivity contribution is 7.98. The van der Waals surface area contributed by atoms with E-state index in [0.717, 1.165) is 23.3 Å². The molecule has 0 radical (unpaired) electrons. The second kappa shape index (κ2) is 4.57. The maximum absolute atomic E-state index is 10.9. The molecule has 0 atom stereocenters. The Morgan fingerprint density at radius 3 is 3.06 bits per heavy atom. The van der Waals surface area contributed by atoms with Crippen LogP contribution in [0.2, 0.25) is 0 Å². The van der Waals surface area contributed by atoms with Gasteiger partial charge < -0.3 is 9.67 Å². The number of aryl methyl sites for hydroxylation is 1. The summed E-state index contributed by atoms with van der Waals surface area (Å²) in [6.07, 6.45) is 3.80. The van der Waals surface area contributed by atoms with E-state index in [-0.39, 0.29) is 0 Å². The van der Waals surface area contributed by atoms with Crippen LogP contribution in [0.5, 0.6) is 0 Å². The number of hydrogen-bond donors (Lipinski definition) is 1. The van der Waals surface area contributed by atoms with Gasteiger partial charge in [-0.25, -0.2) is 9.78 Å². The van der Waals surface area contributed by atoms with Gasteiger partial charge in [0.2, 0.25) is 0 Å². The van der Waals surface area contributed by atoms with Crippen molar-refractivity contribution >= 4 is 28.8 Å². The Balaban J connectivity index is 2.43. The zero-order chi connectivity index (χ0) is 11.5. The molecular formula is C11H12N2O2S. The molecule has 1 aromatic heterocycles. The van der Waals surface area contributed by atoms with Gasteiger partial charge in [-0.05, 0) is 24.5 Å². The Hall–Kier alpha value is -1.49. The van der Waals surface area contributed by atoms with Crippen LogP contribution in [0.1, 0.15) is 10.4 Å². The summed E-state index contributed by atoms with van der Waals surface area (Å²) >= 11 is 1.75. The average molecular weight is 236 g/mol. The smallest absolute Gasteiger partial charge is 0.335 e. The van der Waals surface area contributed by atoms with Gasteiger partial charge in [-0.2, -0.15) is 11.8 Å². The average Bonchev–Trinajstić information content (AvgIpc) is 2.68. The quantitative estimate of drug-likeness (QED) is 0.883.